The third-order valence-electron chi connectivity index (χ3n) is 0.802. The number of rotatable bonds is 3. The Balaban J connectivity index is 0.00000121. The van der Waals surface area contributed by atoms with Crippen LogP contribution >= 0.6 is 11.8 Å². The smallest absolute Gasteiger partial charge is 0.448 e. The Hall–Kier alpha value is 0.981. The van der Waals surface area contributed by atoms with Gasteiger partial charge in [0.05, 0.1) is 0 Å². The summed E-state index contributed by atoms with van der Waals surface area (Å²) in [5.41, 5.74) is -0.880. The Morgan fingerprint density at radius 2 is 2.17 bits per heavy atom. The van der Waals surface area contributed by atoms with Crippen LogP contribution in [0, 0.1) is 0 Å². The van der Waals surface area contributed by atoms with E-state index < -0.39 is 12.6 Å². The van der Waals surface area contributed by atoms with Gasteiger partial charge in [0.15, 0.2) is 5.16 Å². The molecule has 0 aliphatic heterocycles. The number of aromatic amines is 1. The Morgan fingerprint density at radius 1 is 1.50 bits per heavy atom. The summed E-state index contributed by atoms with van der Waals surface area (Å²) in [5, 5.41) is 5.93. The molecule has 0 radical (unpaired) electrons. The quantitative estimate of drug-likeness (QED) is 0.488. The van der Waals surface area contributed by atoms with Gasteiger partial charge >= 0.3 is 58.4 Å². The summed E-state index contributed by atoms with van der Waals surface area (Å²) in [7, 11) is 0. The first kappa shape index (κ1) is 13.0. The molecule has 0 amide bonds. The molecule has 1 aromatic heterocycles. The second-order valence-electron chi connectivity index (χ2n) is 1.81. The summed E-state index contributed by atoms with van der Waals surface area (Å²) in [6.07, 6.45) is 1.17. The van der Waals surface area contributed by atoms with Gasteiger partial charge in [-0.2, -0.15) is 5.10 Å². The minimum Gasteiger partial charge on any atom is -0.448 e. The first-order chi connectivity index (χ1) is 5.08. The van der Waals surface area contributed by atoms with Crippen LogP contribution in [0.2, 0.25) is 0 Å². The molecule has 12 heavy (non-hydrogen) atoms. The Bertz CT molecular complexity index is 215. The molecule has 0 aromatic carbocycles. The van der Waals surface area contributed by atoms with Crippen LogP contribution in [0.5, 0.6) is 0 Å². The fourth-order valence-corrected chi connectivity index (χ4v) is 1.02. The third kappa shape index (κ3) is 5.60. The van der Waals surface area contributed by atoms with Gasteiger partial charge in [-0.15, -0.1) is 11.8 Å². The van der Waals surface area contributed by atoms with Crippen molar-refractivity contribution in [3.8, 4) is 0 Å². The third-order valence-corrected chi connectivity index (χ3v) is 1.82. The van der Waals surface area contributed by atoms with E-state index in [4.69, 9.17) is 0 Å². The molecule has 0 unspecified atom stereocenters. The fraction of sp³-hybridized carbons (Fsp3) is 0.333. The summed E-state index contributed by atoms with van der Waals surface area (Å²) in [6.45, 7) is -4.73. The molecule has 3 nitrogen and oxygen atoms in total. The van der Waals surface area contributed by atoms with Crippen molar-refractivity contribution in [2.75, 3.05) is 5.65 Å². The van der Waals surface area contributed by atoms with Crippen LogP contribution in [0.1, 0.15) is 0 Å². The van der Waals surface area contributed by atoms with Gasteiger partial charge in [0.2, 0.25) is 0 Å². The number of H-pyrrole nitrogens is 1. The van der Waals surface area contributed by atoms with Crippen LogP contribution in [0.15, 0.2) is 11.5 Å². The number of nitrogens with one attached hydrogen (secondary N) is 1. The van der Waals surface area contributed by atoms with Gasteiger partial charge < -0.3 is 12.9 Å². The van der Waals surface area contributed by atoms with Gasteiger partial charge in [-0.3, -0.25) is 5.10 Å². The van der Waals surface area contributed by atoms with Crippen molar-refractivity contribution in [3.05, 3.63) is 6.33 Å². The number of thioether (sulfide) groups is 1. The Labute approximate surface area is 114 Å². The predicted molar refractivity (Wildman–Crippen MR) is 36.2 cm³/mol. The van der Waals surface area contributed by atoms with Crippen molar-refractivity contribution < 1.29 is 64.3 Å². The first-order valence-corrected chi connectivity index (χ1v) is 3.75. The van der Waals surface area contributed by atoms with E-state index in [0.717, 1.165) is 0 Å². The van der Waals surface area contributed by atoms with Gasteiger partial charge in [0, 0.05) is 0 Å². The molecule has 1 heterocycles. The molecule has 0 aliphatic rings. The van der Waals surface area contributed by atoms with E-state index in [-0.39, 0.29) is 56.5 Å². The molecule has 0 fully saturated rings. The molecule has 1 rings (SSSR count). The SMILES string of the molecule is F[B-](F)(F)CSc1ncn[nH]1.[K+]. The standard InChI is InChI=1S/C3H4BF3N3S.K/c5-4(6,7)1-11-3-8-2-9-10-3;/h2H,1H2,(H,8,9,10);/q-1;+1. The monoisotopic (exact) mass is 221 g/mol. The van der Waals surface area contributed by atoms with Crippen molar-refractivity contribution in [1.82, 2.24) is 15.2 Å². The maximum Gasteiger partial charge on any atom is 1.00 e. The molecule has 0 atom stereocenters. The molecule has 0 aliphatic carbocycles. The van der Waals surface area contributed by atoms with E-state index in [0.29, 0.717) is 11.8 Å². The summed E-state index contributed by atoms with van der Waals surface area (Å²) < 4.78 is 34.9. The van der Waals surface area contributed by atoms with Crippen LogP contribution in [0.25, 0.3) is 0 Å². The second-order valence-corrected chi connectivity index (χ2v) is 2.82. The van der Waals surface area contributed by atoms with Crippen molar-refractivity contribution in [1.29, 1.82) is 0 Å². The van der Waals surface area contributed by atoms with E-state index in [9.17, 15) is 12.9 Å². The molecule has 1 N–H and O–H groups in total. The van der Waals surface area contributed by atoms with Crippen molar-refractivity contribution >= 4 is 18.7 Å². The maximum absolute atomic E-state index is 11.6. The normalized spacial score (nSPS) is 10.9. The average Bonchev–Trinajstić information content (AvgIpc) is 2.32. The van der Waals surface area contributed by atoms with E-state index in [1.165, 1.54) is 6.33 Å². The van der Waals surface area contributed by atoms with Gasteiger partial charge in [-0.25, -0.2) is 4.98 Å². The number of hydrogen-bond donors (Lipinski definition) is 1. The number of nitrogens with zero attached hydrogens (tertiary/aromatic N) is 2. The molecule has 1 aromatic rings. The van der Waals surface area contributed by atoms with Gasteiger partial charge in [0.1, 0.15) is 6.33 Å². The Morgan fingerprint density at radius 3 is 2.58 bits per heavy atom. The topological polar surface area (TPSA) is 41.6 Å². The van der Waals surface area contributed by atoms with Crippen LogP contribution in [-0.4, -0.2) is 27.8 Å². The van der Waals surface area contributed by atoms with E-state index in [1.54, 1.807) is 0 Å². The summed E-state index contributed by atoms with van der Waals surface area (Å²) in [5.74, 6) is 0. The summed E-state index contributed by atoms with van der Waals surface area (Å²) in [6, 6.07) is 0. The summed E-state index contributed by atoms with van der Waals surface area (Å²) in [4.78, 5) is 3.53. The van der Waals surface area contributed by atoms with Crippen molar-refractivity contribution in [2.45, 2.75) is 5.16 Å². The molecular weight excluding hydrogens is 217 g/mol. The zero-order valence-corrected chi connectivity index (χ0v) is 10.2. The predicted octanol–water partition coefficient (Wildman–Crippen LogP) is -1.71. The fourth-order valence-electron chi connectivity index (χ4n) is 0.437. The van der Waals surface area contributed by atoms with Crippen LogP contribution < -0.4 is 51.4 Å². The van der Waals surface area contributed by atoms with Crippen molar-refractivity contribution in [2.24, 2.45) is 0 Å². The summed E-state index contributed by atoms with van der Waals surface area (Å²) >= 11 is 0.608. The first-order valence-electron chi connectivity index (χ1n) is 2.77. The van der Waals surface area contributed by atoms with Gasteiger partial charge in [-0.05, 0) is 5.65 Å². The van der Waals surface area contributed by atoms with Crippen molar-refractivity contribution in [3.63, 3.8) is 0 Å². The van der Waals surface area contributed by atoms with Gasteiger partial charge in [0.25, 0.3) is 0 Å². The molecule has 0 saturated carbocycles. The number of aromatic nitrogens is 3. The Kier molecular flexibility index (Phi) is 6.12. The van der Waals surface area contributed by atoms with E-state index >= 15 is 0 Å². The number of hydrogen-bond acceptors (Lipinski definition) is 3. The zero-order valence-electron chi connectivity index (χ0n) is 6.30. The zero-order chi connectivity index (χ0) is 8.32. The maximum atomic E-state index is 11.6. The average molecular weight is 221 g/mol. The second kappa shape index (κ2) is 5.66. The molecule has 0 spiro atoms. The largest absolute Gasteiger partial charge is 1.00 e. The van der Waals surface area contributed by atoms with Crippen LogP contribution in [0.3, 0.4) is 0 Å². The molecule has 9 heteroatoms. The van der Waals surface area contributed by atoms with E-state index in [1.807, 2.05) is 0 Å². The molecular formula is C3H4BF3KN3S. The minimum atomic E-state index is -4.73. The molecule has 62 valence electrons. The van der Waals surface area contributed by atoms with Gasteiger partial charge in [-0.1, -0.05) is 0 Å². The molecule has 0 bridgehead atoms. The minimum absolute atomic E-state index is 0. The number of halogens is 3. The van der Waals surface area contributed by atoms with Crippen LogP contribution in [0.4, 0.5) is 12.9 Å². The molecule has 0 saturated heterocycles. The van der Waals surface area contributed by atoms with Crippen LogP contribution in [-0.2, 0) is 0 Å². The van der Waals surface area contributed by atoms with E-state index in [2.05, 4.69) is 15.2 Å².